The number of benzene rings is 1. The van der Waals surface area contributed by atoms with Crippen LogP contribution in [0.2, 0.25) is 0 Å². The SMILES string of the molecule is Cc1nc(OCCNC(=O)COc2ccc(F)cc2)cc(N2CCCC2)n1. The Morgan fingerprint density at radius 1 is 1.19 bits per heavy atom. The highest BCUT2D eigenvalue weighted by Crippen LogP contribution is 2.21. The number of aromatic nitrogens is 2. The Kier molecular flexibility index (Phi) is 6.40. The van der Waals surface area contributed by atoms with Crippen molar-refractivity contribution < 1.29 is 18.7 Å². The lowest BCUT2D eigenvalue weighted by Crippen LogP contribution is -2.32. The lowest BCUT2D eigenvalue weighted by molar-refractivity contribution is -0.123. The summed E-state index contributed by atoms with van der Waals surface area (Å²) in [7, 11) is 0. The molecule has 2 aromatic rings. The number of halogens is 1. The van der Waals surface area contributed by atoms with Crippen LogP contribution in [-0.4, -0.2) is 48.7 Å². The summed E-state index contributed by atoms with van der Waals surface area (Å²) in [6.45, 7) is 4.31. The van der Waals surface area contributed by atoms with Crippen LogP contribution >= 0.6 is 0 Å². The first-order valence-electron chi connectivity index (χ1n) is 8.99. The molecule has 1 saturated heterocycles. The van der Waals surface area contributed by atoms with Crippen molar-refractivity contribution in [1.82, 2.24) is 15.3 Å². The van der Waals surface area contributed by atoms with Gasteiger partial charge in [-0.2, -0.15) is 4.98 Å². The molecule has 1 aromatic carbocycles. The third kappa shape index (κ3) is 5.80. The number of ether oxygens (including phenoxy) is 2. The van der Waals surface area contributed by atoms with Crippen molar-refractivity contribution in [3.63, 3.8) is 0 Å². The van der Waals surface area contributed by atoms with Crippen LogP contribution in [0.4, 0.5) is 10.2 Å². The third-order valence-electron chi connectivity index (χ3n) is 4.09. The number of rotatable bonds is 8. The van der Waals surface area contributed by atoms with Gasteiger partial charge in [-0.1, -0.05) is 0 Å². The average molecular weight is 374 g/mol. The first-order chi connectivity index (χ1) is 13.1. The maximum Gasteiger partial charge on any atom is 0.258 e. The Bertz CT molecular complexity index is 764. The highest BCUT2D eigenvalue weighted by atomic mass is 19.1. The maximum absolute atomic E-state index is 12.8. The first kappa shape index (κ1) is 18.9. The van der Waals surface area contributed by atoms with E-state index in [1.807, 2.05) is 13.0 Å². The smallest absolute Gasteiger partial charge is 0.258 e. The fourth-order valence-corrected chi connectivity index (χ4v) is 2.78. The van der Waals surface area contributed by atoms with Crippen molar-refractivity contribution >= 4 is 11.7 Å². The van der Waals surface area contributed by atoms with E-state index in [1.165, 1.54) is 37.1 Å². The summed E-state index contributed by atoms with van der Waals surface area (Å²) in [5, 5.41) is 2.70. The van der Waals surface area contributed by atoms with Crippen molar-refractivity contribution in [3.05, 3.63) is 42.0 Å². The number of hydrogen-bond donors (Lipinski definition) is 1. The molecule has 2 heterocycles. The van der Waals surface area contributed by atoms with Crippen molar-refractivity contribution in [2.45, 2.75) is 19.8 Å². The fourth-order valence-electron chi connectivity index (χ4n) is 2.78. The van der Waals surface area contributed by atoms with Gasteiger partial charge in [-0.25, -0.2) is 9.37 Å². The van der Waals surface area contributed by atoms with E-state index < -0.39 is 0 Å². The number of nitrogens with one attached hydrogen (secondary N) is 1. The van der Waals surface area contributed by atoms with E-state index in [2.05, 4.69) is 20.2 Å². The first-order valence-corrected chi connectivity index (χ1v) is 8.99. The second-order valence-electron chi connectivity index (χ2n) is 6.25. The molecule has 0 aliphatic carbocycles. The van der Waals surface area contributed by atoms with E-state index in [0.717, 1.165) is 18.9 Å². The van der Waals surface area contributed by atoms with Gasteiger partial charge in [0, 0.05) is 19.2 Å². The van der Waals surface area contributed by atoms with E-state index in [0.29, 0.717) is 24.0 Å². The number of aryl methyl sites for hydroxylation is 1. The molecule has 8 heteroatoms. The molecule has 1 amide bonds. The Hall–Kier alpha value is -2.90. The second-order valence-corrected chi connectivity index (χ2v) is 6.25. The highest BCUT2D eigenvalue weighted by molar-refractivity contribution is 5.77. The zero-order valence-corrected chi connectivity index (χ0v) is 15.3. The summed E-state index contributed by atoms with van der Waals surface area (Å²) in [5.41, 5.74) is 0. The lowest BCUT2D eigenvalue weighted by atomic mass is 10.3. The number of carbonyl (C=O) groups excluding carboxylic acids is 1. The minimum absolute atomic E-state index is 0.142. The number of nitrogens with zero attached hydrogens (tertiary/aromatic N) is 3. The van der Waals surface area contributed by atoms with Gasteiger partial charge in [-0.15, -0.1) is 0 Å². The van der Waals surface area contributed by atoms with Crippen molar-refractivity contribution in [2.24, 2.45) is 0 Å². The summed E-state index contributed by atoms with van der Waals surface area (Å²) in [5.74, 6) is 1.85. The lowest BCUT2D eigenvalue weighted by Gasteiger charge is -2.17. The Labute approximate surface area is 157 Å². The predicted molar refractivity (Wildman–Crippen MR) is 98.6 cm³/mol. The quantitative estimate of drug-likeness (QED) is 0.713. The predicted octanol–water partition coefficient (Wildman–Crippen LogP) is 2.10. The van der Waals surface area contributed by atoms with Crippen LogP contribution in [0, 0.1) is 12.7 Å². The molecule has 7 nitrogen and oxygen atoms in total. The molecule has 144 valence electrons. The molecule has 0 unspecified atom stereocenters. The Morgan fingerprint density at radius 2 is 1.93 bits per heavy atom. The molecule has 3 rings (SSSR count). The summed E-state index contributed by atoms with van der Waals surface area (Å²) >= 11 is 0. The molecule has 27 heavy (non-hydrogen) atoms. The summed E-state index contributed by atoms with van der Waals surface area (Å²) in [4.78, 5) is 22.7. The standard InChI is InChI=1S/C19H23FN4O3/c1-14-22-17(24-9-2-3-10-24)12-19(23-14)26-11-8-21-18(25)13-27-16-6-4-15(20)5-7-16/h4-7,12H,2-3,8-11,13H2,1H3,(H,21,25). The zero-order valence-electron chi connectivity index (χ0n) is 15.3. The van der Waals surface area contributed by atoms with E-state index in [4.69, 9.17) is 9.47 Å². The van der Waals surface area contributed by atoms with Gasteiger partial charge in [-0.05, 0) is 44.0 Å². The molecule has 0 bridgehead atoms. The molecule has 0 atom stereocenters. The van der Waals surface area contributed by atoms with Gasteiger partial charge in [0.2, 0.25) is 5.88 Å². The highest BCUT2D eigenvalue weighted by Gasteiger charge is 2.15. The van der Waals surface area contributed by atoms with Crippen LogP contribution in [0.15, 0.2) is 30.3 Å². The van der Waals surface area contributed by atoms with Gasteiger partial charge < -0.3 is 19.7 Å². The molecule has 0 saturated carbocycles. The topological polar surface area (TPSA) is 76.6 Å². The van der Waals surface area contributed by atoms with Gasteiger partial charge in [0.05, 0.1) is 6.54 Å². The van der Waals surface area contributed by atoms with Crippen LogP contribution in [0.25, 0.3) is 0 Å². The maximum atomic E-state index is 12.8. The van der Waals surface area contributed by atoms with E-state index in [1.54, 1.807) is 0 Å². The molecular weight excluding hydrogens is 351 g/mol. The van der Waals surface area contributed by atoms with Gasteiger partial charge in [-0.3, -0.25) is 4.79 Å². The van der Waals surface area contributed by atoms with Gasteiger partial charge in [0.1, 0.15) is 29.8 Å². The van der Waals surface area contributed by atoms with E-state index in [9.17, 15) is 9.18 Å². The van der Waals surface area contributed by atoms with Gasteiger partial charge >= 0.3 is 0 Å². The Morgan fingerprint density at radius 3 is 2.67 bits per heavy atom. The summed E-state index contributed by atoms with van der Waals surface area (Å²) in [6.07, 6.45) is 2.34. The van der Waals surface area contributed by atoms with Crippen LogP contribution < -0.4 is 19.7 Å². The largest absolute Gasteiger partial charge is 0.484 e. The molecule has 1 fully saturated rings. The molecule has 1 aromatic heterocycles. The van der Waals surface area contributed by atoms with Crippen LogP contribution in [-0.2, 0) is 4.79 Å². The van der Waals surface area contributed by atoms with Crippen molar-refractivity contribution in [1.29, 1.82) is 0 Å². The molecule has 1 N–H and O–H groups in total. The molecular formula is C19H23FN4O3. The zero-order chi connectivity index (χ0) is 19.1. The molecule has 0 spiro atoms. The summed E-state index contributed by atoms with van der Waals surface area (Å²) < 4.78 is 23.7. The number of anilines is 1. The van der Waals surface area contributed by atoms with Crippen LogP contribution in [0.1, 0.15) is 18.7 Å². The van der Waals surface area contributed by atoms with Crippen molar-refractivity contribution in [3.8, 4) is 11.6 Å². The average Bonchev–Trinajstić information content (AvgIpc) is 3.19. The summed E-state index contributed by atoms with van der Waals surface area (Å²) in [6, 6.07) is 7.34. The van der Waals surface area contributed by atoms with Gasteiger partial charge in [0.15, 0.2) is 6.61 Å². The number of amides is 1. The molecule has 0 radical (unpaired) electrons. The normalized spacial score (nSPS) is 13.5. The van der Waals surface area contributed by atoms with Gasteiger partial charge in [0.25, 0.3) is 5.91 Å². The molecule has 1 aliphatic heterocycles. The number of carbonyl (C=O) groups is 1. The number of hydrogen-bond acceptors (Lipinski definition) is 6. The Balaban J connectivity index is 1.39. The fraction of sp³-hybridized carbons (Fsp3) is 0.421. The van der Waals surface area contributed by atoms with E-state index in [-0.39, 0.29) is 24.9 Å². The molecule has 1 aliphatic rings. The second kappa shape index (κ2) is 9.16. The minimum atomic E-state index is -0.350. The van der Waals surface area contributed by atoms with Crippen molar-refractivity contribution in [2.75, 3.05) is 37.7 Å². The minimum Gasteiger partial charge on any atom is -0.484 e. The van der Waals surface area contributed by atoms with Crippen LogP contribution in [0.5, 0.6) is 11.6 Å². The third-order valence-corrected chi connectivity index (χ3v) is 4.09. The van der Waals surface area contributed by atoms with Crippen LogP contribution in [0.3, 0.4) is 0 Å². The monoisotopic (exact) mass is 374 g/mol. The van der Waals surface area contributed by atoms with E-state index >= 15 is 0 Å².